The van der Waals surface area contributed by atoms with E-state index < -0.39 is 23.7 Å². The standard InChI is InChI=1S/C15H24BrNO4/c1-9(2)11-8-17(14(19)21-15(3,4)5)12(10(11)7-16)13(18)20-6/h10-12H,1,7-8H2,2-6H3/t10-,11+,12-/m0/s1. The van der Waals surface area contributed by atoms with Crippen molar-refractivity contribution in [2.24, 2.45) is 11.8 Å². The number of amides is 1. The van der Waals surface area contributed by atoms with E-state index in [1.54, 1.807) is 20.8 Å². The van der Waals surface area contributed by atoms with Gasteiger partial charge in [-0.05, 0) is 27.7 Å². The topological polar surface area (TPSA) is 55.8 Å². The number of carbonyl (C=O) groups excluding carboxylic acids is 2. The van der Waals surface area contributed by atoms with Gasteiger partial charge in [0, 0.05) is 23.7 Å². The number of hydrogen-bond donors (Lipinski definition) is 0. The summed E-state index contributed by atoms with van der Waals surface area (Å²) in [4.78, 5) is 25.9. The second kappa shape index (κ2) is 6.81. The summed E-state index contributed by atoms with van der Waals surface area (Å²) in [5.74, 6) is -0.447. The van der Waals surface area contributed by atoms with Gasteiger partial charge in [-0.25, -0.2) is 9.59 Å². The molecule has 3 atom stereocenters. The minimum Gasteiger partial charge on any atom is -0.467 e. The lowest BCUT2D eigenvalue weighted by Crippen LogP contribution is -2.46. The van der Waals surface area contributed by atoms with Crippen molar-refractivity contribution in [2.75, 3.05) is 19.0 Å². The predicted octanol–water partition coefficient (Wildman–Crippen LogP) is 2.98. The molecule has 0 spiro atoms. The fourth-order valence-electron chi connectivity index (χ4n) is 2.56. The highest BCUT2D eigenvalue weighted by Gasteiger charge is 2.49. The minimum absolute atomic E-state index is 0.0426. The van der Waals surface area contributed by atoms with E-state index in [-0.39, 0.29) is 11.8 Å². The lowest BCUT2D eigenvalue weighted by molar-refractivity contribution is -0.146. The highest BCUT2D eigenvalue weighted by atomic mass is 79.9. The molecule has 0 unspecified atom stereocenters. The summed E-state index contributed by atoms with van der Waals surface area (Å²) in [6.07, 6.45) is -0.493. The fraction of sp³-hybridized carbons (Fsp3) is 0.733. The van der Waals surface area contributed by atoms with E-state index in [4.69, 9.17) is 9.47 Å². The maximum Gasteiger partial charge on any atom is 0.411 e. The molecule has 1 amide bonds. The zero-order valence-corrected chi connectivity index (χ0v) is 14.9. The molecule has 0 aromatic rings. The first-order valence-corrected chi connectivity index (χ1v) is 8.03. The van der Waals surface area contributed by atoms with Gasteiger partial charge in [0.1, 0.15) is 11.6 Å². The van der Waals surface area contributed by atoms with Crippen LogP contribution in [0.4, 0.5) is 4.79 Å². The van der Waals surface area contributed by atoms with Crippen molar-refractivity contribution in [2.45, 2.75) is 39.3 Å². The Morgan fingerprint density at radius 1 is 1.38 bits per heavy atom. The van der Waals surface area contributed by atoms with Gasteiger partial charge in [0.15, 0.2) is 0 Å². The van der Waals surface area contributed by atoms with Gasteiger partial charge in [-0.15, -0.1) is 0 Å². The van der Waals surface area contributed by atoms with Crippen LogP contribution >= 0.6 is 15.9 Å². The molecule has 0 N–H and O–H groups in total. The number of carbonyl (C=O) groups is 2. The van der Waals surface area contributed by atoms with Gasteiger partial charge in [0.25, 0.3) is 0 Å². The van der Waals surface area contributed by atoms with E-state index in [9.17, 15) is 9.59 Å². The smallest absolute Gasteiger partial charge is 0.411 e. The van der Waals surface area contributed by atoms with Crippen LogP contribution in [0.3, 0.4) is 0 Å². The molecule has 120 valence electrons. The summed E-state index contributed by atoms with van der Waals surface area (Å²) in [6.45, 7) is 11.7. The van der Waals surface area contributed by atoms with Crippen molar-refractivity contribution in [1.82, 2.24) is 4.90 Å². The highest BCUT2D eigenvalue weighted by molar-refractivity contribution is 9.09. The molecule has 1 aliphatic rings. The van der Waals surface area contributed by atoms with Gasteiger partial charge < -0.3 is 9.47 Å². The number of hydrogen-bond acceptors (Lipinski definition) is 4. The van der Waals surface area contributed by atoms with Crippen LogP contribution in [-0.4, -0.2) is 47.6 Å². The maximum atomic E-state index is 12.4. The molecule has 0 aliphatic carbocycles. The third kappa shape index (κ3) is 4.22. The molecule has 6 heteroatoms. The summed E-state index contributed by atoms with van der Waals surface area (Å²) in [5, 5.41) is 0.587. The Kier molecular flexibility index (Phi) is 5.84. The molecule has 1 rings (SSSR count). The van der Waals surface area contributed by atoms with E-state index in [0.717, 1.165) is 5.57 Å². The van der Waals surface area contributed by atoms with Crippen LogP contribution in [0.15, 0.2) is 12.2 Å². The Hall–Kier alpha value is -1.04. The molecule has 0 radical (unpaired) electrons. The molecule has 0 saturated carbocycles. The van der Waals surface area contributed by atoms with Gasteiger partial charge in [-0.2, -0.15) is 0 Å². The summed E-state index contributed by atoms with van der Waals surface area (Å²) in [5.41, 5.74) is 0.336. The first-order chi connectivity index (χ1) is 9.62. The van der Waals surface area contributed by atoms with Gasteiger partial charge in [-0.3, -0.25) is 4.90 Å². The van der Waals surface area contributed by atoms with Crippen molar-refractivity contribution in [3.05, 3.63) is 12.2 Å². The Balaban J connectivity index is 3.07. The number of likely N-dealkylation sites (tertiary alicyclic amines) is 1. The van der Waals surface area contributed by atoms with E-state index in [2.05, 4.69) is 22.5 Å². The minimum atomic E-state index is -0.647. The monoisotopic (exact) mass is 361 g/mol. The van der Waals surface area contributed by atoms with Crippen molar-refractivity contribution < 1.29 is 19.1 Å². The number of nitrogens with zero attached hydrogens (tertiary/aromatic N) is 1. The molecule has 1 aliphatic heterocycles. The first-order valence-electron chi connectivity index (χ1n) is 6.91. The van der Waals surface area contributed by atoms with Crippen molar-refractivity contribution >= 4 is 28.0 Å². The van der Waals surface area contributed by atoms with Gasteiger partial charge in [-0.1, -0.05) is 28.1 Å². The van der Waals surface area contributed by atoms with Crippen molar-refractivity contribution in [1.29, 1.82) is 0 Å². The molecule has 1 fully saturated rings. The van der Waals surface area contributed by atoms with Crippen LogP contribution in [0.5, 0.6) is 0 Å². The molecular weight excluding hydrogens is 338 g/mol. The average Bonchev–Trinajstić information content (AvgIpc) is 2.75. The molecule has 0 bridgehead atoms. The molecule has 0 aromatic heterocycles. The molecule has 0 aromatic carbocycles. The summed E-state index contributed by atoms with van der Waals surface area (Å²) in [6, 6.07) is -0.647. The van der Waals surface area contributed by atoms with Crippen LogP contribution in [0.2, 0.25) is 0 Å². The van der Waals surface area contributed by atoms with Gasteiger partial charge in [0.2, 0.25) is 0 Å². The maximum absolute atomic E-state index is 12.4. The lowest BCUT2D eigenvalue weighted by atomic mass is 9.88. The Bertz CT molecular complexity index is 430. The van der Waals surface area contributed by atoms with E-state index in [1.165, 1.54) is 12.0 Å². The summed E-state index contributed by atoms with van der Waals surface area (Å²) in [7, 11) is 1.33. The summed E-state index contributed by atoms with van der Waals surface area (Å²) < 4.78 is 10.3. The SMILES string of the molecule is C=C(C)[C@H]1CN(C(=O)OC(C)(C)C)[C@H](C(=O)OC)[C@H]1CBr. The number of halogens is 1. The summed E-state index contributed by atoms with van der Waals surface area (Å²) >= 11 is 3.43. The molecule has 1 saturated heterocycles. The van der Waals surface area contributed by atoms with Crippen LogP contribution in [0.25, 0.3) is 0 Å². The van der Waals surface area contributed by atoms with E-state index in [0.29, 0.717) is 11.9 Å². The third-order valence-electron chi connectivity index (χ3n) is 3.53. The van der Waals surface area contributed by atoms with Crippen LogP contribution in [-0.2, 0) is 14.3 Å². The molecular formula is C15H24BrNO4. The number of alkyl halides is 1. The van der Waals surface area contributed by atoms with Gasteiger partial charge >= 0.3 is 12.1 Å². The van der Waals surface area contributed by atoms with Crippen LogP contribution in [0.1, 0.15) is 27.7 Å². The predicted molar refractivity (Wildman–Crippen MR) is 84.3 cm³/mol. The van der Waals surface area contributed by atoms with Gasteiger partial charge in [0.05, 0.1) is 7.11 Å². The first kappa shape index (κ1) is 18.0. The lowest BCUT2D eigenvalue weighted by Gasteiger charge is -2.28. The van der Waals surface area contributed by atoms with Crippen LogP contribution in [0, 0.1) is 11.8 Å². The second-order valence-corrected chi connectivity index (χ2v) is 7.02. The normalized spacial score (nSPS) is 25.6. The third-order valence-corrected chi connectivity index (χ3v) is 4.28. The molecule has 1 heterocycles. The van der Waals surface area contributed by atoms with E-state index in [1.807, 2.05) is 6.92 Å². The second-order valence-electron chi connectivity index (χ2n) is 6.37. The molecule has 21 heavy (non-hydrogen) atoms. The van der Waals surface area contributed by atoms with Crippen molar-refractivity contribution in [3.8, 4) is 0 Å². The zero-order valence-electron chi connectivity index (χ0n) is 13.3. The highest BCUT2D eigenvalue weighted by Crippen LogP contribution is 2.36. The largest absolute Gasteiger partial charge is 0.467 e. The fourth-order valence-corrected chi connectivity index (χ4v) is 3.36. The van der Waals surface area contributed by atoms with E-state index >= 15 is 0 Å². The van der Waals surface area contributed by atoms with Crippen LogP contribution < -0.4 is 0 Å². The Morgan fingerprint density at radius 2 is 1.95 bits per heavy atom. The number of rotatable bonds is 3. The number of esters is 1. The Morgan fingerprint density at radius 3 is 2.33 bits per heavy atom. The zero-order chi connectivity index (χ0) is 16.4. The molecule has 5 nitrogen and oxygen atoms in total. The average molecular weight is 362 g/mol. The number of ether oxygens (including phenoxy) is 2. The van der Waals surface area contributed by atoms with Crippen molar-refractivity contribution in [3.63, 3.8) is 0 Å². The number of methoxy groups -OCH3 is 1. The quantitative estimate of drug-likeness (QED) is 0.440. The Labute approximate surface area is 134 Å².